The van der Waals surface area contributed by atoms with Crippen molar-refractivity contribution in [3.8, 4) is 0 Å². The van der Waals surface area contributed by atoms with Crippen LogP contribution in [0.4, 0.5) is 5.69 Å². The minimum Gasteiger partial charge on any atom is -0.389 e. The summed E-state index contributed by atoms with van der Waals surface area (Å²) in [5.74, 6) is -0.301. The Kier molecular flexibility index (Phi) is 5.37. The molecule has 0 fully saturated rings. The Bertz CT molecular complexity index is 737. The highest BCUT2D eigenvalue weighted by Gasteiger charge is 2.13. The number of carbonyl (C=O) groups is 1. The molecule has 0 unspecified atom stereocenters. The van der Waals surface area contributed by atoms with E-state index in [9.17, 15) is 4.79 Å². The van der Waals surface area contributed by atoms with Gasteiger partial charge in [-0.05, 0) is 52.3 Å². The molecule has 0 saturated carbocycles. The Morgan fingerprint density at radius 3 is 2.52 bits per heavy atom. The van der Waals surface area contributed by atoms with Crippen LogP contribution in [-0.4, -0.2) is 10.9 Å². The van der Waals surface area contributed by atoms with Crippen LogP contribution >= 0.6 is 55.7 Å². The number of hydrogen-bond acceptors (Lipinski definition) is 2. The maximum Gasteiger partial charge on any atom is 0.257 e. The molecule has 21 heavy (non-hydrogen) atoms. The minimum absolute atomic E-state index is 0.295. The van der Waals surface area contributed by atoms with E-state index in [0.29, 0.717) is 25.7 Å². The van der Waals surface area contributed by atoms with Gasteiger partial charge < -0.3 is 11.1 Å². The van der Waals surface area contributed by atoms with E-state index >= 15 is 0 Å². The Balaban J connectivity index is 2.27. The van der Waals surface area contributed by atoms with Crippen molar-refractivity contribution >= 4 is 72.3 Å². The lowest BCUT2D eigenvalue weighted by Crippen LogP contribution is -2.14. The number of benzene rings is 2. The Morgan fingerprint density at radius 2 is 1.90 bits per heavy atom. The van der Waals surface area contributed by atoms with Crippen LogP contribution in [0.15, 0.2) is 45.3 Å². The van der Waals surface area contributed by atoms with Crippen molar-refractivity contribution in [2.45, 2.75) is 0 Å². The van der Waals surface area contributed by atoms with E-state index in [4.69, 9.17) is 29.6 Å². The quantitative estimate of drug-likeness (QED) is 0.666. The molecule has 0 heterocycles. The van der Waals surface area contributed by atoms with Gasteiger partial charge in [-0.3, -0.25) is 4.79 Å². The maximum absolute atomic E-state index is 12.3. The van der Waals surface area contributed by atoms with Gasteiger partial charge in [0.05, 0.1) is 16.3 Å². The standard InChI is InChI=1S/C14H9Br2ClN2OS/c15-8-2-3-11(17)9(6-8)14(20)19-12-4-1-7(13(18)21)5-10(12)16/h1-6H,(H2,18,21)(H,19,20). The van der Waals surface area contributed by atoms with Crippen molar-refractivity contribution in [1.82, 2.24) is 0 Å². The van der Waals surface area contributed by atoms with Gasteiger partial charge in [0.15, 0.2) is 0 Å². The van der Waals surface area contributed by atoms with Crippen LogP contribution in [0, 0.1) is 0 Å². The van der Waals surface area contributed by atoms with Gasteiger partial charge in [-0.2, -0.15) is 0 Å². The number of carbonyl (C=O) groups excluding carboxylic acids is 1. The summed E-state index contributed by atoms with van der Waals surface area (Å²) in [6, 6.07) is 10.3. The molecular weight excluding hydrogens is 439 g/mol. The van der Waals surface area contributed by atoms with Gasteiger partial charge in [0, 0.05) is 14.5 Å². The molecule has 108 valence electrons. The number of nitrogens with two attached hydrogens (primary N) is 1. The zero-order valence-electron chi connectivity index (χ0n) is 10.5. The summed E-state index contributed by atoms with van der Waals surface area (Å²) in [5, 5.41) is 3.17. The van der Waals surface area contributed by atoms with Crippen LogP contribution < -0.4 is 11.1 Å². The van der Waals surface area contributed by atoms with Crippen LogP contribution in [0.3, 0.4) is 0 Å². The van der Waals surface area contributed by atoms with E-state index in [0.717, 1.165) is 10.0 Å². The molecule has 0 spiro atoms. The summed E-state index contributed by atoms with van der Waals surface area (Å²) >= 11 is 17.6. The van der Waals surface area contributed by atoms with Crippen molar-refractivity contribution in [3.63, 3.8) is 0 Å². The number of halogens is 3. The van der Waals surface area contributed by atoms with Crippen molar-refractivity contribution in [1.29, 1.82) is 0 Å². The number of hydrogen-bond donors (Lipinski definition) is 2. The zero-order valence-corrected chi connectivity index (χ0v) is 15.2. The molecular formula is C14H9Br2ClN2OS. The predicted molar refractivity (Wildman–Crippen MR) is 97.1 cm³/mol. The summed E-state index contributed by atoms with van der Waals surface area (Å²) in [7, 11) is 0. The predicted octanol–water partition coefficient (Wildman–Crippen LogP) is 4.75. The molecule has 0 bridgehead atoms. The van der Waals surface area contributed by atoms with Gasteiger partial charge in [0.1, 0.15) is 4.99 Å². The van der Waals surface area contributed by atoms with Crippen molar-refractivity contribution in [2.24, 2.45) is 5.73 Å². The third-order valence-corrected chi connectivity index (χ3v) is 4.39. The van der Waals surface area contributed by atoms with Crippen LogP contribution in [0.1, 0.15) is 15.9 Å². The van der Waals surface area contributed by atoms with Crippen LogP contribution in [-0.2, 0) is 0 Å². The Morgan fingerprint density at radius 1 is 1.19 bits per heavy atom. The molecule has 0 aliphatic rings. The van der Waals surface area contributed by atoms with E-state index in [2.05, 4.69) is 37.2 Å². The second kappa shape index (κ2) is 6.87. The van der Waals surface area contributed by atoms with E-state index in [1.807, 2.05) is 0 Å². The molecule has 2 aromatic carbocycles. The summed E-state index contributed by atoms with van der Waals surface area (Å²) in [4.78, 5) is 12.6. The highest BCUT2D eigenvalue weighted by Crippen LogP contribution is 2.26. The summed E-state index contributed by atoms with van der Waals surface area (Å²) in [6.45, 7) is 0. The third kappa shape index (κ3) is 4.03. The summed E-state index contributed by atoms with van der Waals surface area (Å²) in [5.41, 5.74) is 7.27. The Labute approximate surface area is 149 Å². The van der Waals surface area contributed by atoms with Gasteiger partial charge in [0.25, 0.3) is 5.91 Å². The number of nitrogens with one attached hydrogen (secondary N) is 1. The number of anilines is 1. The first kappa shape index (κ1) is 16.4. The number of amides is 1. The smallest absolute Gasteiger partial charge is 0.257 e. The lowest BCUT2D eigenvalue weighted by molar-refractivity contribution is 0.102. The van der Waals surface area contributed by atoms with Gasteiger partial charge in [-0.1, -0.05) is 39.7 Å². The molecule has 3 N–H and O–H groups in total. The first-order chi connectivity index (χ1) is 9.88. The second-order valence-electron chi connectivity index (χ2n) is 4.14. The SMILES string of the molecule is NC(=S)c1ccc(NC(=O)c2cc(Br)ccc2Cl)c(Br)c1. The van der Waals surface area contributed by atoms with Gasteiger partial charge in [0.2, 0.25) is 0 Å². The molecule has 2 aromatic rings. The zero-order chi connectivity index (χ0) is 15.6. The third-order valence-electron chi connectivity index (χ3n) is 2.67. The van der Waals surface area contributed by atoms with Crippen LogP contribution in [0.2, 0.25) is 5.02 Å². The molecule has 0 aliphatic carbocycles. The average Bonchev–Trinajstić information content (AvgIpc) is 2.43. The van der Waals surface area contributed by atoms with Crippen molar-refractivity contribution in [2.75, 3.05) is 5.32 Å². The highest BCUT2D eigenvalue weighted by atomic mass is 79.9. The molecule has 7 heteroatoms. The van der Waals surface area contributed by atoms with Crippen molar-refractivity contribution in [3.05, 3.63) is 61.5 Å². The summed E-state index contributed by atoms with van der Waals surface area (Å²) in [6.07, 6.45) is 0. The summed E-state index contributed by atoms with van der Waals surface area (Å²) < 4.78 is 1.47. The van der Waals surface area contributed by atoms with E-state index in [1.165, 1.54) is 0 Å². The lowest BCUT2D eigenvalue weighted by atomic mass is 10.2. The monoisotopic (exact) mass is 446 g/mol. The van der Waals surface area contributed by atoms with Crippen molar-refractivity contribution < 1.29 is 4.79 Å². The molecule has 0 aliphatic heterocycles. The Hall–Kier alpha value is -0.950. The van der Waals surface area contributed by atoms with Gasteiger partial charge in [-0.15, -0.1) is 0 Å². The van der Waals surface area contributed by atoms with E-state index in [1.54, 1.807) is 36.4 Å². The molecule has 1 amide bonds. The average molecular weight is 449 g/mol. The van der Waals surface area contributed by atoms with Gasteiger partial charge >= 0.3 is 0 Å². The minimum atomic E-state index is -0.301. The van der Waals surface area contributed by atoms with Crippen LogP contribution in [0.5, 0.6) is 0 Å². The molecule has 2 rings (SSSR count). The normalized spacial score (nSPS) is 10.2. The highest BCUT2D eigenvalue weighted by molar-refractivity contribution is 9.10. The fraction of sp³-hybridized carbons (Fsp3) is 0. The second-order valence-corrected chi connectivity index (χ2v) is 6.75. The van der Waals surface area contributed by atoms with Gasteiger partial charge in [-0.25, -0.2) is 0 Å². The van der Waals surface area contributed by atoms with E-state index in [-0.39, 0.29) is 5.91 Å². The first-order valence-electron chi connectivity index (χ1n) is 5.74. The topological polar surface area (TPSA) is 55.1 Å². The first-order valence-corrected chi connectivity index (χ1v) is 8.11. The molecule has 0 saturated heterocycles. The molecule has 0 aromatic heterocycles. The number of rotatable bonds is 3. The van der Waals surface area contributed by atoms with Crippen LogP contribution in [0.25, 0.3) is 0 Å². The largest absolute Gasteiger partial charge is 0.389 e. The maximum atomic E-state index is 12.3. The number of thiocarbonyl (C=S) groups is 1. The molecule has 0 radical (unpaired) electrons. The fourth-order valence-corrected chi connectivity index (χ4v) is 2.80. The fourth-order valence-electron chi connectivity index (χ4n) is 1.63. The molecule has 3 nitrogen and oxygen atoms in total. The lowest BCUT2D eigenvalue weighted by Gasteiger charge is -2.10. The molecule has 0 atom stereocenters. The van der Waals surface area contributed by atoms with E-state index < -0.39 is 0 Å².